The molecule has 24 heavy (non-hydrogen) atoms. The normalized spacial score (nSPS) is 22.4. The molecule has 1 aliphatic carbocycles. The number of hydrogen-bond acceptors (Lipinski definition) is 4. The highest BCUT2D eigenvalue weighted by atomic mass is 35.5. The highest BCUT2D eigenvalue weighted by Crippen LogP contribution is 2.52. The molecule has 0 atom stereocenters. The number of anilines is 1. The van der Waals surface area contributed by atoms with Crippen molar-refractivity contribution in [2.75, 3.05) is 18.1 Å². The van der Waals surface area contributed by atoms with Crippen molar-refractivity contribution in [3.63, 3.8) is 0 Å². The number of benzene rings is 1. The molecule has 1 aromatic heterocycles. The van der Waals surface area contributed by atoms with E-state index in [4.69, 9.17) is 16.3 Å². The maximum Gasteiger partial charge on any atom is 0.238 e. The van der Waals surface area contributed by atoms with E-state index in [1.54, 1.807) is 0 Å². The molecule has 5 rings (SSSR count). The number of rotatable bonds is 1. The van der Waals surface area contributed by atoms with Gasteiger partial charge in [-0.25, -0.2) is 0 Å². The predicted octanol–water partition coefficient (Wildman–Crippen LogP) is 3.15. The van der Waals surface area contributed by atoms with Gasteiger partial charge in [0.25, 0.3) is 0 Å². The molecule has 0 unspecified atom stereocenters. The van der Waals surface area contributed by atoms with E-state index in [-0.39, 0.29) is 5.91 Å². The Morgan fingerprint density at radius 3 is 2.67 bits per heavy atom. The van der Waals surface area contributed by atoms with Gasteiger partial charge in [-0.1, -0.05) is 11.6 Å². The van der Waals surface area contributed by atoms with Gasteiger partial charge in [0.2, 0.25) is 5.91 Å². The third kappa shape index (κ3) is 1.82. The quantitative estimate of drug-likeness (QED) is 0.798. The molecule has 0 radical (unpaired) electrons. The van der Waals surface area contributed by atoms with Gasteiger partial charge in [-0.3, -0.25) is 4.79 Å². The number of carbonyl (C=O) groups is 1. The molecule has 1 spiro atoms. The van der Waals surface area contributed by atoms with Crippen LogP contribution >= 0.6 is 11.6 Å². The average molecular weight is 344 g/mol. The van der Waals surface area contributed by atoms with Crippen LogP contribution in [0.4, 0.5) is 5.69 Å². The zero-order valence-electron chi connectivity index (χ0n) is 13.5. The van der Waals surface area contributed by atoms with E-state index in [1.165, 1.54) is 0 Å². The van der Waals surface area contributed by atoms with Crippen LogP contribution in [0.3, 0.4) is 0 Å². The van der Waals surface area contributed by atoms with Crippen molar-refractivity contribution in [1.82, 2.24) is 10.2 Å². The molecular weight excluding hydrogens is 326 g/mol. The van der Waals surface area contributed by atoms with Crippen LogP contribution in [-0.4, -0.2) is 35.4 Å². The molecular formula is C18H18ClN3O2. The fraction of sp³-hybridized carbons (Fsp3) is 0.500. The molecule has 2 aromatic rings. The van der Waals surface area contributed by atoms with Crippen LogP contribution in [0, 0.1) is 6.92 Å². The van der Waals surface area contributed by atoms with Gasteiger partial charge in [0.15, 0.2) is 5.15 Å². The summed E-state index contributed by atoms with van der Waals surface area (Å²) in [6.07, 6.45) is 3.66. The summed E-state index contributed by atoms with van der Waals surface area (Å²) in [6.45, 7) is 3.20. The number of aryl methyl sites for hydroxylation is 1. The van der Waals surface area contributed by atoms with E-state index in [9.17, 15) is 4.79 Å². The number of carbonyl (C=O) groups excluding carboxylic acids is 1. The number of halogens is 1. The van der Waals surface area contributed by atoms with Crippen LogP contribution in [-0.2, 0) is 14.9 Å². The molecule has 2 aliphatic heterocycles. The first-order valence-electron chi connectivity index (χ1n) is 8.50. The first-order valence-corrected chi connectivity index (χ1v) is 8.88. The van der Waals surface area contributed by atoms with Gasteiger partial charge in [-0.15, -0.1) is 5.10 Å². The van der Waals surface area contributed by atoms with Crippen molar-refractivity contribution in [2.45, 2.75) is 44.1 Å². The zero-order chi connectivity index (χ0) is 16.5. The lowest BCUT2D eigenvalue weighted by atomic mass is 9.75. The Morgan fingerprint density at radius 1 is 1.21 bits per heavy atom. The minimum atomic E-state index is -0.438. The minimum absolute atomic E-state index is 0.244. The van der Waals surface area contributed by atoms with Crippen LogP contribution in [0.5, 0.6) is 0 Å². The summed E-state index contributed by atoms with van der Waals surface area (Å²) < 4.78 is 5.55. The van der Waals surface area contributed by atoms with E-state index in [2.05, 4.69) is 22.3 Å². The number of hydrogen-bond donors (Lipinski definition) is 0. The summed E-state index contributed by atoms with van der Waals surface area (Å²) in [6, 6.07) is 4.52. The second-order valence-electron chi connectivity index (χ2n) is 7.09. The van der Waals surface area contributed by atoms with E-state index in [1.807, 2.05) is 11.8 Å². The molecule has 1 saturated carbocycles. The van der Waals surface area contributed by atoms with Crippen LogP contribution in [0.25, 0.3) is 10.8 Å². The van der Waals surface area contributed by atoms with E-state index >= 15 is 0 Å². The topological polar surface area (TPSA) is 55.3 Å². The smallest absolute Gasteiger partial charge is 0.238 e. The van der Waals surface area contributed by atoms with Crippen molar-refractivity contribution in [3.8, 4) is 0 Å². The van der Waals surface area contributed by atoms with Crippen LogP contribution < -0.4 is 4.90 Å². The number of fused-ring (bicyclic) bond motifs is 3. The molecule has 1 amide bonds. The fourth-order valence-corrected chi connectivity index (χ4v) is 4.42. The summed E-state index contributed by atoms with van der Waals surface area (Å²) in [5.41, 5.74) is 2.55. The van der Waals surface area contributed by atoms with Gasteiger partial charge in [0, 0.05) is 35.7 Å². The van der Waals surface area contributed by atoms with Gasteiger partial charge in [0.1, 0.15) is 0 Å². The van der Waals surface area contributed by atoms with Crippen molar-refractivity contribution in [3.05, 3.63) is 28.5 Å². The van der Waals surface area contributed by atoms with Gasteiger partial charge < -0.3 is 9.64 Å². The molecule has 0 bridgehead atoms. The summed E-state index contributed by atoms with van der Waals surface area (Å²) in [5.74, 6) is 0.244. The SMILES string of the molecule is Cc1nnc(Cl)c2cc3c(cc12)C1(CCOCC1)C(=O)N3C1CC1. The van der Waals surface area contributed by atoms with Gasteiger partial charge >= 0.3 is 0 Å². The molecule has 3 aliphatic rings. The molecule has 1 aromatic carbocycles. The molecule has 5 nitrogen and oxygen atoms in total. The van der Waals surface area contributed by atoms with Gasteiger partial charge in [0.05, 0.1) is 11.1 Å². The number of amides is 1. The summed E-state index contributed by atoms with van der Waals surface area (Å²) in [5, 5.41) is 10.4. The van der Waals surface area contributed by atoms with Gasteiger partial charge in [-0.2, -0.15) is 5.10 Å². The Labute approximate surface area is 144 Å². The third-order valence-corrected chi connectivity index (χ3v) is 5.98. The summed E-state index contributed by atoms with van der Waals surface area (Å²) in [7, 11) is 0. The van der Waals surface area contributed by atoms with Crippen molar-refractivity contribution < 1.29 is 9.53 Å². The summed E-state index contributed by atoms with van der Waals surface area (Å²) in [4.78, 5) is 15.4. The Balaban J connectivity index is 1.81. The number of ether oxygens (including phenoxy) is 1. The Kier molecular flexibility index (Phi) is 2.98. The van der Waals surface area contributed by atoms with Crippen LogP contribution in [0.15, 0.2) is 12.1 Å². The van der Waals surface area contributed by atoms with E-state index < -0.39 is 5.41 Å². The Morgan fingerprint density at radius 2 is 1.96 bits per heavy atom. The highest BCUT2D eigenvalue weighted by molar-refractivity contribution is 6.34. The van der Waals surface area contributed by atoms with E-state index in [0.717, 1.165) is 53.4 Å². The second kappa shape index (κ2) is 4.90. The first kappa shape index (κ1) is 14.6. The first-order chi connectivity index (χ1) is 11.6. The highest BCUT2D eigenvalue weighted by Gasteiger charge is 2.54. The lowest BCUT2D eigenvalue weighted by molar-refractivity contribution is -0.126. The monoisotopic (exact) mass is 343 g/mol. The van der Waals surface area contributed by atoms with Crippen LogP contribution in [0.1, 0.15) is 36.9 Å². The average Bonchev–Trinajstić information content (AvgIpc) is 3.40. The number of nitrogens with zero attached hydrogens (tertiary/aromatic N) is 3. The van der Waals surface area contributed by atoms with Gasteiger partial charge in [-0.05, 0) is 50.3 Å². The molecule has 3 heterocycles. The third-order valence-electron chi connectivity index (χ3n) is 5.70. The van der Waals surface area contributed by atoms with Crippen molar-refractivity contribution >= 4 is 34.0 Å². The summed E-state index contributed by atoms with van der Waals surface area (Å²) >= 11 is 6.29. The number of aromatic nitrogens is 2. The fourth-order valence-electron chi connectivity index (χ4n) is 4.22. The largest absolute Gasteiger partial charge is 0.381 e. The standard InChI is InChI=1S/C18H18ClN3O2/c1-10-12-8-14-15(9-13(12)16(19)21-20-10)22(11-2-3-11)17(23)18(14)4-6-24-7-5-18/h8-9,11H,2-7H2,1H3. The maximum atomic E-state index is 13.4. The predicted molar refractivity (Wildman–Crippen MR) is 91.5 cm³/mol. The molecule has 6 heteroatoms. The minimum Gasteiger partial charge on any atom is -0.381 e. The molecule has 1 saturated heterocycles. The Hall–Kier alpha value is -1.72. The molecule has 2 fully saturated rings. The van der Waals surface area contributed by atoms with E-state index in [0.29, 0.717) is 24.4 Å². The van der Waals surface area contributed by atoms with Crippen molar-refractivity contribution in [1.29, 1.82) is 0 Å². The molecule has 124 valence electrons. The molecule has 0 N–H and O–H groups in total. The second-order valence-corrected chi connectivity index (χ2v) is 7.45. The van der Waals surface area contributed by atoms with Crippen molar-refractivity contribution in [2.24, 2.45) is 0 Å². The maximum absolute atomic E-state index is 13.4. The Bertz CT molecular complexity index is 872. The lowest BCUT2D eigenvalue weighted by Gasteiger charge is -2.32. The lowest BCUT2D eigenvalue weighted by Crippen LogP contribution is -2.44. The van der Waals surface area contributed by atoms with Crippen LogP contribution in [0.2, 0.25) is 5.15 Å². The zero-order valence-corrected chi connectivity index (χ0v) is 14.3.